The number of nitrogens with zero attached hydrogens (tertiary/aromatic N) is 6. The number of fused-ring (bicyclic) bond motifs is 1. The highest BCUT2D eigenvalue weighted by molar-refractivity contribution is 14.0. The third-order valence-electron chi connectivity index (χ3n) is 4.54. The predicted octanol–water partition coefficient (Wildman–Crippen LogP) is 1.32. The molecule has 2 N–H and O–H groups in total. The van der Waals surface area contributed by atoms with Crippen molar-refractivity contribution >= 4 is 29.9 Å². The molecule has 0 bridgehead atoms. The van der Waals surface area contributed by atoms with E-state index >= 15 is 0 Å². The van der Waals surface area contributed by atoms with Gasteiger partial charge in [-0.2, -0.15) is 10.2 Å². The minimum atomic E-state index is 0. The molecule has 9 heteroatoms. The highest BCUT2D eigenvalue weighted by Crippen LogP contribution is 2.14. The van der Waals surface area contributed by atoms with Crippen LogP contribution >= 0.6 is 24.0 Å². The number of rotatable bonds is 4. The smallest absolute Gasteiger partial charge is 0.191 e. The molecule has 1 aliphatic heterocycles. The van der Waals surface area contributed by atoms with Gasteiger partial charge in [0.2, 0.25) is 0 Å². The van der Waals surface area contributed by atoms with Crippen LogP contribution in [0.15, 0.2) is 11.3 Å². The van der Waals surface area contributed by atoms with Crippen molar-refractivity contribution < 1.29 is 0 Å². The van der Waals surface area contributed by atoms with E-state index in [-0.39, 0.29) is 24.0 Å². The Morgan fingerprint density at radius 3 is 2.88 bits per heavy atom. The van der Waals surface area contributed by atoms with Crippen LogP contribution in [0, 0.1) is 13.8 Å². The van der Waals surface area contributed by atoms with Crippen molar-refractivity contribution in [2.24, 2.45) is 12.0 Å². The van der Waals surface area contributed by atoms with E-state index in [1.54, 1.807) is 6.33 Å². The van der Waals surface area contributed by atoms with E-state index in [9.17, 15) is 0 Å². The Hall–Kier alpha value is -1.65. The molecular weight excluding hydrogens is 431 g/mol. The first-order valence-electron chi connectivity index (χ1n) is 8.49. The van der Waals surface area contributed by atoms with E-state index in [1.807, 2.05) is 23.3 Å². The van der Waals surface area contributed by atoms with Crippen LogP contribution in [0.1, 0.15) is 36.1 Å². The van der Waals surface area contributed by atoms with Crippen molar-refractivity contribution in [3.8, 4) is 0 Å². The van der Waals surface area contributed by atoms with Crippen LogP contribution in [0.4, 0.5) is 0 Å². The zero-order valence-corrected chi connectivity index (χ0v) is 17.6. The molecule has 138 valence electrons. The molecule has 2 aromatic rings. The number of hydrogen-bond donors (Lipinski definition) is 2. The average Bonchev–Trinajstić information content (AvgIpc) is 3.11. The minimum absolute atomic E-state index is 0. The zero-order valence-electron chi connectivity index (χ0n) is 15.3. The summed E-state index contributed by atoms with van der Waals surface area (Å²) in [5, 5.41) is 15.6. The number of halogens is 1. The van der Waals surface area contributed by atoms with Crippen molar-refractivity contribution in [3.63, 3.8) is 0 Å². The Labute approximate surface area is 165 Å². The molecule has 8 nitrogen and oxygen atoms in total. The molecule has 0 aromatic carbocycles. The second kappa shape index (κ2) is 8.63. The highest BCUT2D eigenvalue weighted by atomic mass is 127. The van der Waals surface area contributed by atoms with Crippen LogP contribution in [0.5, 0.6) is 0 Å². The quantitative estimate of drug-likeness (QED) is 0.410. The summed E-state index contributed by atoms with van der Waals surface area (Å²) in [6.07, 6.45) is 3.61. The summed E-state index contributed by atoms with van der Waals surface area (Å²) in [4.78, 5) is 9.03. The van der Waals surface area contributed by atoms with Gasteiger partial charge in [-0.3, -0.25) is 4.68 Å². The lowest BCUT2D eigenvalue weighted by molar-refractivity contribution is 0.392. The van der Waals surface area contributed by atoms with Gasteiger partial charge in [-0.25, -0.2) is 14.7 Å². The second-order valence-electron chi connectivity index (χ2n) is 6.21. The van der Waals surface area contributed by atoms with Crippen LogP contribution in [-0.4, -0.2) is 43.1 Å². The molecule has 0 fully saturated rings. The third-order valence-corrected chi connectivity index (χ3v) is 4.54. The van der Waals surface area contributed by atoms with Gasteiger partial charge in [0.1, 0.15) is 12.2 Å². The summed E-state index contributed by atoms with van der Waals surface area (Å²) < 4.78 is 3.88. The van der Waals surface area contributed by atoms with Gasteiger partial charge in [0.05, 0.1) is 18.8 Å². The van der Waals surface area contributed by atoms with Gasteiger partial charge < -0.3 is 10.6 Å². The molecule has 1 aliphatic rings. The monoisotopic (exact) mass is 458 g/mol. The summed E-state index contributed by atoms with van der Waals surface area (Å²) in [7, 11) is 1.97. The van der Waals surface area contributed by atoms with E-state index in [0.717, 1.165) is 49.1 Å². The van der Waals surface area contributed by atoms with Crippen molar-refractivity contribution in [1.29, 1.82) is 0 Å². The molecule has 3 heterocycles. The van der Waals surface area contributed by atoms with Crippen LogP contribution in [-0.2, 0) is 26.6 Å². The molecule has 0 radical (unpaired) electrons. The lowest BCUT2D eigenvalue weighted by atomic mass is 10.1. The summed E-state index contributed by atoms with van der Waals surface area (Å²) in [5.74, 6) is 1.91. The number of aryl methyl sites for hydroxylation is 3. The molecule has 1 unspecified atom stereocenters. The van der Waals surface area contributed by atoms with E-state index in [4.69, 9.17) is 4.99 Å². The van der Waals surface area contributed by atoms with E-state index < -0.39 is 0 Å². The van der Waals surface area contributed by atoms with Gasteiger partial charge >= 0.3 is 0 Å². The second-order valence-corrected chi connectivity index (χ2v) is 6.21. The van der Waals surface area contributed by atoms with Crippen LogP contribution in [0.3, 0.4) is 0 Å². The predicted molar refractivity (Wildman–Crippen MR) is 108 cm³/mol. The topological polar surface area (TPSA) is 84.9 Å². The molecule has 25 heavy (non-hydrogen) atoms. The van der Waals surface area contributed by atoms with Gasteiger partial charge in [-0.1, -0.05) is 0 Å². The van der Waals surface area contributed by atoms with Gasteiger partial charge in [0, 0.05) is 37.3 Å². The SMILES string of the molecule is CCNC(=NCc1c(C)nn(C)c1C)NC1CCc2ncnn2C1.I. The van der Waals surface area contributed by atoms with Gasteiger partial charge in [-0.05, 0) is 27.2 Å². The number of hydrogen-bond acceptors (Lipinski definition) is 4. The Kier molecular flexibility index (Phi) is 6.79. The lowest BCUT2D eigenvalue weighted by Crippen LogP contribution is -2.47. The van der Waals surface area contributed by atoms with E-state index in [2.05, 4.69) is 39.7 Å². The fraction of sp³-hybridized carbons (Fsp3) is 0.625. The van der Waals surface area contributed by atoms with Crippen LogP contribution < -0.4 is 10.6 Å². The van der Waals surface area contributed by atoms with Crippen molar-refractivity contribution in [2.45, 2.75) is 52.7 Å². The number of nitrogens with one attached hydrogen (secondary N) is 2. The number of aromatic nitrogens is 5. The fourth-order valence-corrected chi connectivity index (χ4v) is 3.07. The van der Waals surface area contributed by atoms with Gasteiger partial charge in [0.15, 0.2) is 5.96 Å². The molecule has 0 saturated carbocycles. The Balaban J connectivity index is 0.00000225. The summed E-state index contributed by atoms with van der Waals surface area (Å²) >= 11 is 0. The summed E-state index contributed by atoms with van der Waals surface area (Å²) in [6.45, 7) is 8.48. The molecular formula is C16H27IN8. The average molecular weight is 458 g/mol. The maximum Gasteiger partial charge on any atom is 0.191 e. The molecule has 0 aliphatic carbocycles. The molecule has 0 spiro atoms. The first-order valence-corrected chi connectivity index (χ1v) is 8.49. The fourth-order valence-electron chi connectivity index (χ4n) is 3.07. The Bertz CT molecular complexity index is 733. The molecule has 1 atom stereocenters. The first kappa shape index (κ1) is 19.7. The molecule has 3 rings (SSSR count). The van der Waals surface area contributed by atoms with Crippen molar-refractivity contribution in [3.05, 3.63) is 29.1 Å². The van der Waals surface area contributed by atoms with E-state index in [1.165, 1.54) is 5.56 Å². The lowest BCUT2D eigenvalue weighted by Gasteiger charge is -2.25. The zero-order chi connectivity index (χ0) is 17.1. The Morgan fingerprint density at radius 1 is 1.40 bits per heavy atom. The normalized spacial score (nSPS) is 17.0. The highest BCUT2D eigenvalue weighted by Gasteiger charge is 2.20. The van der Waals surface area contributed by atoms with Crippen LogP contribution in [0.2, 0.25) is 0 Å². The first-order chi connectivity index (χ1) is 11.6. The molecule has 2 aromatic heterocycles. The third kappa shape index (κ3) is 4.50. The Morgan fingerprint density at radius 2 is 2.20 bits per heavy atom. The summed E-state index contributed by atoms with van der Waals surface area (Å²) in [5.41, 5.74) is 3.40. The van der Waals surface area contributed by atoms with E-state index in [0.29, 0.717) is 12.6 Å². The van der Waals surface area contributed by atoms with Gasteiger partial charge in [0.25, 0.3) is 0 Å². The van der Waals surface area contributed by atoms with Crippen molar-refractivity contribution in [2.75, 3.05) is 6.54 Å². The minimum Gasteiger partial charge on any atom is -0.357 e. The molecule has 0 amide bonds. The van der Waals surface area contributed by atoms with Crippen molar-refractivity contribution in [1.82, 2.24) is 35.2 Å². The largest absolute Gasteiger partial charge is 0.357 e. The van der Waals surface area contributed by atoms with Gasteiger partial charge in [-0.15, -0.1) is 24.0 Å². The maximum atomic E-state index is 4.75. The number of aliphatic imine (C=N–C) groups is 1. The standard InChI is InChI=1S/C16H26N8.HI/c1-5-17-16(18-8-14-11(2)22-23(4)12(14)3)21-13-6-7-15-19-10-20-24(15)9-13;/h10,13H,5-9H2,1-4H3,(H2,17,18,21);1H. The van der Waals surface area contributed by atoms with Crippen LogP contribution in [0.25, 0.3) is 0 Å². The summed E-state index contributed by atoms with van der Waals surface area (Å²) in [6, 6.07) is 0.313. The maximum absolute atomic E-state index is 4.75. The number of guanidine groups is 1. The molecule has 0 saturated heterocycles.